The monoisotopic (exact) mass is 283 g/mol. The van der Waals surface area contributed by atoms with Gasteiger partial charge in [0.25, 0.3) is 0 Å². The zero-order chi connectivity index (χ0) is 15.6. The van der Waals surface area contributed by atoms with Crippen molar-refractivity contribution in [1.29, 1.82) is 0 Å². The number of carbonyl (C=O) groups is 1. The minimum atomic E-state index is -0.0643. The molecule has 0 atom stereocenters. The SMILES string of the molecule is CC(=O)c1cc(Oc2cc(C(C)C)ccc2C)ccc1N. The van der Waals surface area contributed by atoms with Gasteiger partial charge in [-0.05, 0) is 55.2 Å². The fourth-order valence-corrected chi connectivity index (χ4v) is 2.12. The summed E-state index contributed by atoms with van der Waals surface area (Å²) >= 11 is 0. The van der Waals surface area contributed by atoms with Gasteiger partial charge in [0, 0.05) is 11.3 Å². The number of benzene rings is 2. The Hall–Kier alpha value is -2.29. The van der Waals surface area contributed by atoms with E-state index in [0.717, 1.165) is 11.3 Å². The minimum Gasteiger partial charge on any atom is -0.457 e. The molecule has 3 heteroatoms. The first-order chi connectivity index (χ1) is 9.88. The highest BCUT2D eigenvalue weighted by Gasteiger charge is 2.09. The number of rotatable bonds is 4. The summed E-state index contributed by atoms with van der Waals surface area (Å²) in [6.07, 6.45) is 0. The van der Waals surface area contributed by atoms with Crippen molar-refractivity contribution in [3.63, 3.8) is 0 Å². The largest absolute Gasteiger partial charge is 0.457 e. The molecule has 0 aromatic heterocycles. The summed E-state index contributed by atoms with van der Waals surface area (Å²) in [4.78, 5) is 11.5. The quantitative estimate of drug-likeness (QED) is 0.654. The maximum absolute atomic E-state index is 11.5. The summed E-state index contributed by atoms with van der Waals surface area (Å²) in [5.74, 6) is 1.80. The van der Waals surface area contributed by atoms with Gasteiger partial charge in [-0.3, -0.25) is 4.79 Å². The molecule has 110 valence electrons. The summed E-state index contributed by atoms with van der Waals surface area (Å²) in [6, 6.07) is 11.4. The van der Waals surface area contributed by atoms with Gasteiger partial charge in [-0.25, -0.2) is 0 Å². The molecular formula is C18H21NO2. The van der Waals surface area contributed by atoms with E-state index in [0.29, 0.717) is 22.9 Å². The van der Waals surface area contributed by atoms with E-state index < -0.39 is 0 Å². The number of anilines is 1. The van der Waals surface area contributed by atoms with E-state index in [1.54, 1.807) is 18.2 Å². The molecule has 0 saturated heterocycles. The average molecular weight is 283 g/mol. The third-order valence-corrected chi connectivity index (χ3v) is 3.51. The van der Waals surface area contributed by atoms with Crippen molar-refractivity contribution in [3.05, 3.63) is 53.1 Å². The van der Waals surface area contributed by atoms with Gasteiger partial charge in [0.1, 0.15) is 11.5 Å². The Morgan fingerprint density at radius 3 is 2.48 bits per heavy atom. The van der Waals surface area contributed by atoms with Gasteiger partial charge in [-0.2, -0.15) is 0 Å². The predicted octanol–water partition coefficient (Wildman–Crippen LogP) is 4.70. The molecule has 0 amide bonds. The summed E-state index contributed by atoms with van der Waals surface area (Å²) in [6.45, 7) is 7.79. The van der Waals surface area contributed by atoms with Crippen molar-refractivity contribution in [3.8, 4) is 11.5 Å². The van der Waals surface area contributed by atoms with Crippen LogP contribution in [-0.2, 0) is 0 Å². The molecule has 0 bridgehead atoms. The normalized spacial score (nSPS) is 10.7. The van der Waals surface area contributed by atoms with Gasteiger partial charge in [-0.15, -0.1) is 0 Å². The summed E-state index contributed by atoms with van der Waals surface area (Å²) in [5.41, 5.74) is 9.04. The van der Waals surface area contributed by atoms with Gasteiger partial charge in [0.15, 0.2) is 5.78 Å². The zero-order valence-electron chi connectivity index (χ0n) is 12.9. The number of ether oxygens (including phenoxy) is 1. The number of hydrogen-bond donors (Lipinski definition) is 1. The van der Waals surface area contributed by atoms with Crippen molar-refractivity contribution >= 4 is 11.5 Å². The number of hydrogen-bond acceptors (Lipinski definition) is 3. The molecule has 0 aliphatic carbocycles. The highest BCUT2D eigenvalue weighted by molar-refractivity contribution is 5.99. The Morgan fingerprint density at radius 2 is 1.86 bits per heavy atom. The Labute approximate surface area is 125 Å². The molecule has 0 saturated carbocycles. The van der Waals surface area contributed by atoms with Crippen LogP contribution in [0.15, 0.2) is 36.4 Å². The van der Waals surface area contributed by atoms with Crippen molar-refractivity contribution in [2.24, 2.45) is 0 Å². The first-order valence-electron chi connectivity index (χ1n) is 7.07. The molecule has 21 heavy (non-hydrogen) atoms. The molecule has 0 aliphatic heterocycles. The number of ketones is 1. The second-order valence-corrected chi connectivity index (χ2v) is 5.59. The molecule has 0 unspecified atom stereocenters. The molecular weight excluding hydrogens is 262 g/mol. The lowest BCUT2D eigenvalue weighted by Gasteiger charge is -2.13. The molecule has 3 nitrogen and oxygen atoms in total. The summed E-state index contributed by atoms with van der Waals surface area (Å²) < 4.78 is 5.94. The van der Waals surface area contributed by atoms with Gasteiger partial charge >= 0.3 is 0 Å². The fourth-order valence-electron chi connectivity index (χ4n) is 2.12. The number of aryl methyl sites for hydroxylation is 1. The second kappa shape index (κ2) is 6.00. The lowest BCUT2D eigenvalue weighted by Crippen LogP contribution is -2.00. The molecule has 0 fully saturated rings. The van der Waals surface area contributed by atoms with Crippen LogP contribution in [0.2, 0.25) is 0 Å². The Bertz CT molecular complexity index is 675. The van der Waals surface area contributed by atoms with Crippen LogP contribution in [0.5, 0.6) is 11.5 Å². The molecule has 2 N–H and O–H groups in total. The molecule has 2 rings (SSSR count). The first-order valence-corrected chi connectivity index (χ1v) is 7.07. The maximum atomic E-state index is 11.5. The van der Waals surface area contributed by atoms with E-state index in [9.17, 15) is 4.79 Å². The topological polar surface area (TPSA) is 52.3 Å². The lowest BCUT2D eigenvalue weighted by atomic mass is 10.0. The van der Waals surface area contributed by atoms with Crippen molar-refractivity contribution in [2.75, 3.05) is 5.73 Å². The number of nitrogens with two attached hydrogens (primary N) is 1. The predicted molar refractivity (Wildman–Crippen MR) is 86.2 cm³/mol. The van der Waals surface area contributed by atoms with Crippen LogP contribution in [-0.4, -0.2) is 5.78 Å². The van der Waals surface area contributed by atoms with Crippen LogP contribution in [0.1, 0.15) is 48.2 Å². The fraction of sp³-hybridized carbons (Fsp3) is 0.278. The summed E-state index contributed by atoms with van der Waals surface area (Å²) in [7, 11) is 0. The first kappa shape index (κ1) is 15.1. The van der Waals surface area contributed by atoms with Crippen LogP contribution >= 0.6 is 0 Å². The highest BCUT2D eigenvalue weighted by Crippen LogP contribution is 2.30. The van der Waals surface area contributed by atoms with Crippen molar-refractivity contribution in [1.82, 2.24) is 0 Å². The van der Waals surface area contributed by atoms with E-state index in [1.807, 2.05) is 19.1 Å². The molecule has 2 aromatic carbocycles. The van der Waals surface area contributed by atoms with Crippen LogP contribution < -0.4 is 10.5 Å². The van der Waals surface area contributed by atoms with E-state index in [1.165, 1.54) is 12.5 Å². The van der Waals surface area contributed by atoms with E-state index in [4.69, 9.17) is 10.5 Å². The van der Waals surface area contributed by atoms with Gasteiger partial charge in [-0.1, -0.05) is 26.0 Å². The molecule has 0 aliphatic rings. The third kappa shape index (κ3) is 3.43. The average Bonchev–Trinajstić information content (AvgIpc) is 2.42. The third-order valence-electron chi connectivity index (χ3n) is 3.51. The van der Waals surface area contributed by atoms with Crippen LogP contribution in [0.25, 0.3) is 0 Å². The Morgan fingerprint density at radius 1 is 1.14 bits per heavy atom. The second-order valence-electron chi connectivity index (χ2n) is 5.59. The number of nitrogen functional groups attached to an aromatic ring is 1. The van der Waals surface area contributed by atoms with Crippen molar-refractivity contribution in [2.45, 2.75) is 33.6 Å². The molecule has 2 aromatic rings. The molecule has 0 spiro atoms. The van der Waals surface area contributed by atoms with Crippen LogP contribution in [0, 0.1) is 6.92 Å². The van der Waals surface area contributed by atoms with Gasteiger partial charge < -0.3 is 10.5 Å². The van der Waals surface area contributed by atoms with Gasteiger partial charge in [0.2, 0.25) is 0 Å². The minimum absolute atomic E-state index is 0.0643. The van der Waals surface area contributed by atoms with E-state index in [-0.39, 0.29) is 5.78 Å². The molecule has 0 heterocycles. The van der Waals surface area contributed by atoms with Crippen LogP contribution in [0.3, 0.4) is 0 Å². The van der Waals surface area contributed by atoms with E-state index in [2.05, 4.69) is 19.9 Å². The summed E-state index contributed by atoms with van der Waals surface area (Å²) in [5, 5.41) is 0. The Balaban J connectivity index is 2.36. The number of carbonyl (C=O) groups excluding carboxylic acids is 1. The highest BCUT2D eigenvalue weighted by atomic mass is 16.5. The zero-order valence-corrected chi connectivity index (χ0v) is 12.9. The van der Waals surface area contributed by atoms with E-state index >= 15 is 0 Å². The maximum Gasteiger partial charge on any atom is 0.162 e. The lowest BCUT2D eigenvalue weighted by molar-refractivity contribution is 0.101. The standard InChI is InChI=1S/C18H21NO2/c1-11(2)14-6-5-12(3)18(9-14)21-15-7-8-17(19)16(10-15)13(4)20/h5-11H,19H2,1-4H3. The number of Topliss-reactive ketones (excluding diaryl/α,β-unsaturated/α-hetero) is 1. The molecule has 0 radical (unpaired) electrons. The van der Waals surface area contributed by atoms with Crippen molar-refractivity contribution < 1.29 is 9.53 Å². The van der Waals surface area contributed by atoms with Gasteiger partial charge in [0.05, 0.1) is 0 Å². The Kier molecular flexibility index (Phi) is 4.32. The van der Waals surface area contributed by atoms with Crippen LogP contribution in [0.4, 0.5) is 5.69 Å². The smallest absolute Gasteiger partial charge is 0.162 e.